The Kier molecular flexibility index (Phi) is 20.9. The van der Waals surface area contributed by atoms with Crippen LogP contribution in [0.3, 0.4) is 0 Å². The summed E-state index contributed by atoms with van der Waals surface area (Å²) in [6.45, 7) is 9.10. The average molecular weight is 266 g/mol. The van der Waals surface area contributed by atoms with E-state index < -0.39 is 9.53 Å². The second-order valence-electron chi connectivity index (χ2n) is 3.46. The Labute approximate surface area is 108 Å². The highest BCUT2D eigenvalue weighted by atomic mass is 28.3. The van der Waals surface area contributed by atoms with E-state index in [-0.39, 0.29) is 0 Å². The highest BCUT2D eigenvalue weighted by Gasteiger charge is 2.13. The van der Waals surface area contributed by atoms with Gasteiger partial charge in [-0.25, -0.2) is 0 Å². The van der Waals surface area contributed by atoms with Gasteiger partial charge in [-0.15, -0.1) is 0 Å². The third kappa shape index (κ3) is 18.6. The average Bonchev–Trinajstić information content (AvgIpc) is 2.38. The number of nitrogens with two attached hydrogens (primary N) is 1. The molecule has 0 aromatic carbocycles. The first-order valence-corrected chi connectivity index (χ1v) is 7.87. The Morgan fingerprint density at radius 3 is 1.35 bits per heavy atom. The maximum atomic E-state index is 5.49. The summed E-state index contributed by atoms with van der Waals surface area (Å²) in [7, 11) is 0.0188. The van der Waals surface area contributed by atoms with Crippen molar-refractivity contribution in [1.29, 1.82) is 0 Å². The molecule has 0 aliphatic heterocycles. The third-order valence-electron chi connectivity index (χ3n) is 1.58. The van der Waals surface area contributed by atoms with Crippen molar-refractivity contribution < 1.29 is 13.3 Å². The van der Waals surface area contributed by atoms with Crippen molar-refractivity contribution in [3.05, 3.63) is 0 Å². The lowest BCUT2D eigenvalue weighted by molar-refractivity contribution is 0.0933. The zero-order valence-electron chi connectivity index (χ0n) is 11.8. The summed E-state index contributed by atoms with van der Waals surface area (Å²) in [6, 6.07) is 0. The molecule has 0 aromatic rings. The molecule has 17 heavy (non-hydrogen) atoms. The summed E-state index contributed by atoms with van der Waals surface area (Å²) in [4.78, 5) is 0. The van der Waals surface area contributed by atoms with Gasteiger partial charge in [0.25, 0.3) is 0 Å². The number of hydrogen-bond acceptors (Lipinski definition) is 5. The van der Waals surface area contributed by atoms with E-state index in [9.17, 15) is 0 Å². The van der Waals surface area contributed by atoms with Crippen molar-refractivity contribution in [3.63, 3.8) is 0 Å². The lowest BCUT2D eigenvalue weighted by Gasteiger charge is -2.15. The van der Waals surface area contributed by atoms with Gasteiger partial charge < -0.3 is 24.3 Å². The van der Waals surface area contributed by atoms with Crippen LogP contribution >= 0.6 is 0 Å². The van der Waals surface area contributed by atoms with E-state index in [0.717, 1.165) is 39.1 Å². The normalized spacial score (nSPS) is 10.2. The first-order valence-electron chi connectivity index (χ1n) is 6.46. The number of hydrogen-bond donors (Lipinski definition) is 2. The van der Waals surface area contributed by atoms with Gasteiger partial charge in [0.2, 0.25) is 0 Å². The Balaban J connectivity index is 0. The molecule has 5 nitrogen and oxygen atoms in total. The maximum absolute atomic E-state index is 5.49. The van der Waals surface area contributed by atoms with Gasteiger partial charge in [-0.3, -0.25) is 0 Å². The minimum atomic E-state index is -1.79. The van der Waals surface area contributed by atoms with E-state index in [1.54, 1.807) is 7.05 Å². The van der Waals surface area contributed by atoms with E-state index in [1.165, 1.54) is 0 Å². The summed E-state index contributed by atoms with van der Waals surface area (Å²) < 4.78 is 16.5. The third-order valence-corrected chi connectivity index (χ3v) is 3.10. The molecule has 0 aliphatic carbocycles. The van der Waals surface area contributed by atoms with Gasteiger partial charge in [-0.1, -0.05) is 20.8 Å². The first kappa shape index (κ1) is 19.4. The zero-order valence-corrected chi connectivity index (χ0v) is 13.0. The minimum Gasteiger partial charge on any atom is -0.376 e. The summed E-state index contributed by atoms with van der Waals surface area (Å²) in [6.07, 6.45) is 3.07. The monoisotopic (exact) mass is 266 g/mol. The van der Waals surface area contributed by atoms with Crippen LogP contribution < -0.4 is 11.1 Å². The summed E-state index contributed by atoms with van der Waals surface area (Å²) in [5, 5.41) is 2.71. The molecular weight excluding hydrogens is 236 g/mol. The topological polar surface area (TPSA) is 65.7 Å². The molecule has 0 radical (unpaired) electrons. The van der Waals surface area contributed by atoms with E-state index in [2.05, 4.69) is 26.1 Å². The van der Waals surface area contributed by atoms with Gasteiger partial charge >= 0.3 is 9.53 Å². The molecule has 106 valence electrons. The molecule has 0 aromatic heterocycles. The molecule has 0 saturated carbocycles. The molecule has 0 spiro atoms. The van der Waals surface area contributed by atoms with Crippen LogP contribution in [-0.4, -0.2) is 43.1 Å². The van der Waals surface area contributed by atoms with Crippen molar-refractivity contribution in [2.24, 2.45) is 5.73 Å². The first-order chi connectivity index (χ1) is 8.26. The van der Waals surface area contributed by atoms with Crippen LogP contribution in [0.5, 0.6) is 0 Å². The molecule has 0 rings (SSSR count). The second-order valence-corrected chi connectivity index (χ2v) is 5.04. The van der Waals surface area contributed by atoms with Crippen molar-refractivity contribution >= 4 is 9.53 Å². The minimum absolute atomic E-state index is 0.569. The fourth-order valence-corrected chi connectivity index (χ4v) is 2.36. The highest BCUT2D eigenvalue weighted by molar-refractivity contribution is 6.36. The molecule has 0 saturated heterocycles. The smallest absolute Gasteiger partial charge is 0.376 e. The number of rotatable bonds is 10. The van der Waals surface area contributed by atoms with Gasteiger partial charge in [0.1, 0.15) is 0 Å². The molecule has 3 N–H and O–H groups in total. The molecule has 0 atom stereocenters. The molecule has 0 fully saturated rings. The van der Waals surface area contributed by atoms with Crippen molar-refractivity contribution in [3.8, 4) is 0 Å². The molecule has 0 bridgehead atoms. The van der Waals surface area contributed by atoms with Crippen LogP contribution in [0, 0.1) is 0 Å². The van der Waals surface area contributed by atoms with Crippen LogP contribution in [-0.2, 0) is 13.3 Å². The van der Waals surface area contributed by atoms with Gasteiger partial charge in [0.15, 0.2) is 0 Å². The molecule has 6 heteroatoms. The lowest BCUT2D eigenvalue weighted by Crippen LogP contribution is -2.28. The predicted octanol–water partition coefficient (Wildman–Crippen LogP) is 1.11. The largest absolute Gasteiger partial charge is 0.484 e. The molecule has 0 unspecified atom stereocenters. The van der Waals surface area contributed by atoms with E-state index >= 15 is 0 Å². The molecule has 0 heterocycles. The van der Waals surface area contributed by atoms with E-state index in [1.807, 2.05) is 0 Å². The Bertz CT molecular complexity index is 110. The standard InChI is InChI=1S/C9H22O3Si.C2H8N2/c1-4-7-10-13(11-8-5-2)12-9-6-3;1-4-2-3/h13H,4-9H2,1-3H3;4H,2-3H2,1H3. The van der Waals surface area contributed by atoms with Crippen molar-refractivity contribution in [2.45, 2.75) is 40.0 Å². The Morgan fingerprint density at radius 1 is 0.882 bits per heavy atom. The van der Waals surface area contributed by atoms with Crippen LogP contribution in [0.2, 0.25) is 0 Å². The maximum Gasteiger partial charge on any atom is 0.484 e. The van der Waals surface area contributed by atoms with Gasteiger partial charge in [-0.05, 0) is 26.3 Å². The van der Waals surface area contributed by atoms with Gasteiger partial charge in [0, 0.05) is 26.5 Å². The van der Waals surface area contributed by atoms with E-state index in [0.29, 0.717) is 6.67 Å². The SMILES string of the molecule is CCCO[SiH](OCCC)OCCC.CNCN. The number of nitrogens with one attached hydrogen (secondary N) is 1. The van der Waals surface area contributed by atoms with Crippen LogP contribution in [0.1, 0.15) is 40.0 Å². The second kappa shape index (κ2) is 18.4. The predicted molar refractivity (Wildman–Crippen MR) is 74.0 cm³/mol. The van der Waals surface area contributed by atoms with Gasteiger partial charge in [0.05, 0.1) is 0 Å². The van der Waals surface area contributed by atoms with Crippen LogP contribution in [0.25, 0.3) is 0 Å². The van der Waals surface area contributed by atoms with E-state index in [4.69, 9.17) is 19.0 Å². The molecule has 0 aliphatic rings. The summed E-state index contributed by atoms with van der Waals surface area (Å²) in [5.74, 6) is 0. The van der Waals surface area contributed by atoms with Crippen molar-refractivity contribution in [2.75, 3.05) is 33.5 Å². The lowest BCUT2D eigenvalue weighted by atomic mass is 10.5. The summed E-state index contributed by atoms with van der Waals surface area (Å²) in [5.41, 5.74) is 4.92. The highest BCUT2D eigenvalue weighted by Crippen LogP contribution is 1.96. The van der Waals surface area contributed by atoms with Gasteiger partial charge in [-0.2, -0.15) is 0 Å². The molecular formula is C11H30N2O3Si. The van der Waals surface area contributed by atoms with Crippen molar-refractivity contribution in [1.82, 2.24) is 5.32 Å². The Hall–Kier alpha value is 0.0169. The Morgan fingerprint density at radius 2 is 1.18 bits per heavy atom. The zero-order chi connectivity index (χ0) is 13.4. The molecule has 0 amide bonds. The summed E-state index contributed by atoms with van der Waals surface area (Å²) >= 11 is 0. The van der Waals surface area contributed by atoms with Crippen LogP contribution in [0.4, 0.5) is 0 Å². The quantitative estimate of drug-likeness (QED) is 0.458. The fraction of sp³-hybridized carbons (Fsp3) is 1.00. The fourth-order valence-electron chi connectivity index (χ4n) is 0.787. The van der Waals surface area contributed by atoms with Crippen LogP contribution in [0.15, 0.2) is 0 Å².